The summed E-state index contributed by atoms with van der Waals surface area (Å²) in [4.78, 5) is 35.6. The molecule has 0 radical (unpaired) electrons. The highest BCUT2D eigenvalue weighted by atomic mass is 127. The van der Waals surface area contributed by atoms with E-state index in [1.807, 2.05) is 84.9 Å². The number of pyridine rings is 3. The summed E-state index contributed by atoms with van der Waals surface area (Å²) in [5.74, 6) is 7.66. The molecule has 0 saturated carbocycles. The zero-order valence-electron chi connectivity index (χ0n) is 31.7. The lowest BCUT2D eigenvalue weighted by Crippen LogP contribution is -2.19. The van der Waals surface area contributed by atoms with E-state index >= 15 is 0 Å². The summed E-state index contributed by atoms with van der Waals surface area (Å²) in [7, 11) is 0. The quantitative estimate of drug-likeness (QED) is 0.117. The summed E-state index contributed by atoms with van der Waals surface area (Å²) in [6, 6.07) is 36.6. The molecule has 8 rings (SSSR count). The van der Waals surface area contributed by atoms with Crippen LogP contribution in [0.15, 0.2) is 140 Å². The smallest absolute Gasteiger partial charge is 0.269 e. The minimum Gasteiger partial charge on any atom is -0.372 e. The van der Waals surface area contributed by atoms with Crippen LogP contribution in [0.25, 0.3) is 33.3 Å². The first kappa shape index (κ1) is 41.4. The van der Waals surface area contributed by atoms with Crippen LogP contribution in [-0.2, 0) is 11.2 Å². The second kappa shape index (κ2) is 17.9. The molecule has 0 unspecified atom stereocenters. The van der Waals surface area contributed by atoms with Crippen molar-refractivity contribution in [1.82, 2.24) is 34.5 Å². The van der Waals surface area contributed by atoms with Gasteiger partial charge in [0.25, 0.3) is 11.8 Å². The third kappa shape index (κ3) is 9.66. The fraction of sp³-hybridized carbons (Fsp3) is 0.0889. The van der Waals surface area contributed by atoms with Gasteiger partial charge in [0.1, 0.15) is 0 Å². The van der Waals surface area contributed by atoms with Crippen LogP contribution >= 0.6 is 22.6 Å². The number of aromatic nitrogens is 7. The SMILES string of the molecule is C#C[C@@](C)(O)c1ccccn1.C[C@@](O)(C#Cc1cccc(-n2nc(C(N)=O)c3ccccc32)c1)c1ccccn1.NC(=O)c1nn(-c2cc(I)ccn2)c2ccccc12. The Kier molecular flexibility index (Phi) is 12.6. The zero-order chi connectivity index (χ0) is 42.2. The van der Waals surface area contributed by atoms with E-state index in [4.69, 9.17) is 17.9 Å². The van der Waals surface area contributed by atoms with Crippen molar-refractivity contribution in [3.05, 3.63) is 172 Å². The highest BCUT2D eigenvalue weighted by Crippen LogP contribution is 2.24. The van der Waals surface area contributed by atoms with Gasteiger partial charge in [0, 0.05) is 38.5 Å². The third-order valence-corrected chi connectivity index (χ3v) is 9.39. The van der Waals surface area contributed by atoms with Crippen LogP contribution < -0.4 is 11.5 Å². The molecule has 0 aliphatic rings. The van der Waals surface area contributed by atoms with Gasteiger partial charge < -0.3 is 21.7 Å². The van der Waals surface area contributed by atoms with E-state index in [1.165, 1.54) is 6.92 Å². The van der Waals surface area contributed by atoms with Gasteiger partial charge >= 0.3 is 0 Å². The van der Waals surface area contributed by atoms with Gasteiger partial charge in [0.2, 0.25) is 0 Å². The Morgan fingerprint density at radius 2 is 1.20 bits per heavy atom. The predicted octanol–water partition coefficient (Wildman–Crippen LogP) is 5.82. The molecule has 0 aliphatic carbocycles. The number of terminal acetylenes is 1. The number of carbonyl (C=O) groups excluding carboxylic acids is 2. The van der Waals surface area contributed by atoms with Crippen LogP contribution in [0.1, 0.15) is 51.8 Å². The molecule has 0 aliphatic heterocycles. The maximum atomic E-state index is 11.8. The summed E-state index contributed by atoms with van der Waals surface area (Å²) in [6.07, 6.45) is 10.0. The molecule has 8 aromatic rings. The fourth-order valence-electron chi connectivity index (χ4n) is 5.73. The van der Waals surface area contributed by atoms with E-state index < -0.39 is 23.0 Å². The van der Waals surface area contributed by atoms with Gasteiger partial charge in [-0.15, -0.1) is 6.42 Å². The average Bonchev–Trinajstić information content (AvgIpc) is 3.85. The van der Waals surface area contributed by atoms with Crippen molar-refractivity contribution in [2.45, 2.75) is 25.0 Å². The lowest BCUT2D eigenvalue weighted by molar-refractivity contribution is 0.0988. The number of amides is 2. The normalized spacial score (nSPS) is 12.5. The second-order valence-corrected chi connectivity index (χ2v) is 14.4. The van der Waals surface area contributed by atoms with Gasteiger partial charge in [-0.05, 0) is 103 Å². The molecular formula is C45H36IN9O4. The Hall–Kier alpha value is -7.24. The molecule has 0 bridgehead atoms. The van der Waals surface area contributed by atoms with Crippen molar-refractivity contribution in [1.29, 1.82) is 0 Å². The molecule has 59 heavy (non-hydrogen) atoms. The molecule has 3 aromatic carbocycles. The van der Waals surface area contributed by atoms with Crippen LogP contribution in [-0.4, -0.2) is 56.5 Å². The number of benzene rings is 3. The van der Waals surface area contributed by atoms with Gasteiger partial charge in [-0.3, -0.25) is 19.6 Å². The zero-order valence-corrected chi connectivity index (χ0v) is 33.9. The predicted molar refractivity (Wildman–Crippen MR) is 233 cm³/mol. The van der Waals surface area contributed by atoms with E-state index in [-0.39, 0.29) is 11.4 Å². The molecule has 5 aromatic heterocycles. The number of aliphatic hydroxyl groups is 2. The van der Waals surface area contributed by atoms with Gasteiger partial charge in [-0.2, -0.15) is 10.2 Å². The topological polar surface area (TPSA) is 201 Å². The van der Waals surface area contributed by atoms with Crippen LogP contribution in [0.2, 0.25) is 0 Å². The number of nitrogens with zero attached hydrogens (tertiary/aromatic N) is 7. The first-order valence-corrected chi connectivity index (χ1v) is 18.9. The Labute approximate surface area is 352 Å². The van der Waals surface area contributed by atoms with Gasteiger partial charge in [0.05, 0.1) is 28.1 Å². The van der Waals surface area contributed by atoms with Gasteiger partial charge in [0.15, 0.2) is 28.4 Å². The molecule has 0 fully saturated rings. The van der Waals surface area contributed by atoms with Crippen molar-refractivity contribution >= 4 is 56.2 Å². The Bertz CT molecular complexity index is 2890. The maximum Gasteiger partial charge on any atom is 0.269 e. The van der Waals surface area contributed by atoms with Crippen LogP contribution in [0.3, 0.4) is 0 Å². The molecule has 292 valence electrons. The highest BCUT2D eigenvalue weighted by molar-refractivity contribution is 14.1. The monoisotopic (exact) mass is 893 g/mol. The number of hydrogen-bond donors (Lipinski definition) is 4. The largest absolute Gasteiger partial charge is 0.372 e. The lowest BCUT2D eigenvalue weighted by atomic mass is 10.0. The third-order valence-electron chi connectivity index (χ3n) is 8.72. The van der Waals surface area contributed by atoms with Crippen molar-refractivity contribution in [3.8, 4) is 35.7 Å². The molecule has 14 heteroatoms. The summed E-state index contributed by atoms with van der Waals surface area (Å²) >= 11 is 2.20. The number of hydrogen-bond acceptors (Lipinski definition) is 9. The molecule has 6 N–H and O–H groups in total. The van der Waals surface area contributed by atoms with Gasteiger partial charge in [-0.25, -0.2) is 14.3 Å². The number of carbonyl (C=O) groups is 2. The standard InChI is InChI=1S/C23H18N4O2.C13H9IN4O.C9H9NO/c1-23(29,20-11-4-5-14-25-20)13-12-16-7-6-8-17(15-16)27-19-10-3-2-9-18(19)21(26-27)22(24)28;14-8-5-6-16-11(7-8)18-10-4-2-1-3-9(10)12(17-18)13(15)19;1-3-9(2,11)8-6-4-5-7-10-8/h2-11,14-15,29H,1H3,(H2,24,28);1-7H,(H2,15,19);1,4-7,11H,2H3/t23-;;9-/m1.1/s1. The van der Waals surface area contributed by atoms with E-state index in [0.717, 1.165) is 25.7 Å². The Morgan fingerprint density at radius 1 is 0.661 bits per heavy atom. The minimum absolute atomic E-state index is 0.218. The van der Waals surface area contributed by atoms with Crippen LogP contribution in [0.5, 0.6) is 0 Å². The average molecular weight is 894 g/mol. The van der Waals surface area contributed by atoms with Crippen molar-refractivity contribution < 1.29 is 19.8 Å². The lowest BCUT2D eigenvalue weighted by Gasteiger charge is -2.15. The van der Waals surface area contributed by atoms with Crippen LogP contribution in [0, 0.1) is 27.8 Å². The highest BCUT2D eigenvalue weighted by Gasteiger charge is 2.22. The number of para-hydroxylation sites is 2. The molecule has 5 heterocycles. The molecule has 0 saturated heterocycles. The van der Waals surface area contributed by atoms with Crippen molar-refractivity contribution in [2.75, 3.05) is 0 Å². The van der Waals surface area contributed by atoms with Gasteiger partial charge in [-0.1, -0.05) is 72.4 Å². The number of nitrogens with two attached hydrogens (primary N) is 2. The molecule has 2 amide bonds. The minimum atomic E-state index is -1.38. The summed E-state index contributed by atoms with van der Waals surface area (Å²) in [6.45, 7) is 3.14. The Balaban J connectivity index is 0.000000166. The van der Waals surface area contributed by atoms with E-state index in [2.05, 4.69) is 65.5 Å². The van der Waals surface area contributed by atoms with Crippen molar-refractivity contribution in [3.63, 3.8) is 0 Å². The number of halogens is 1. The summed E-state index contributed by atoms with van der Waals surface area (Å²) < 4.78 is 4.34. The Morgan fingerprint density at radius 3 is 1.75 bits per heavy atom. The van der Waals surface area contributed by atoms with E-state index in [0.29, 0.717) is 28.2 Å². The summed E-state index contributed by atoms with van der Waals surface area (Å²) in [5.41, 5.74) is 12.7. The maximum absolute atomic E-state index is 11.8. The number of fused-ring (bicyclic) bond motifs is 2. The second-order valence-electron chi connectivity index (χ2n) is 13.1. The first-order chi connectivity index (χ1) is 28.3. The molecular weight excluding hydrogens is 857 g/mol. The molecule has 2 atom stereocenters. The molecule has 13 nitrogen and oxygen atoms in total. The van der Waals surface area contributed by atoms with Crippen LogP contribution in [0.4, 0.5) is 0 Å². The van der Waals surface area contributed by atoms with E-state index in [1.54, 1.807) is 71.3 Å². The first-order valence-electron chi connectivity index (χ1n) is 17.9. The molecule has 0 spiro atoms. The summed E-state index contributed by atoms with van der Waals surface area (Å²) in [5, 5.41) is 30.2. The van der Waals surface area contributed by atoms with E-state index in [9.17, 15) is 19.8 Å². The fourth-order valence-corrected chi connectivity index (χ4v) is 6.17. The van der Waals surface area contributed by atoms with Crippen molar-refractivity contribution in [2.24, 2.45) is 11.5 Å². The number of rotatable bonds is 6. The number of primary amides is 2.